The maximum atomic E-state index is 12.7. The van der Waals surface area contributed by atoms with Gasteiger partial charge in [-0.2, -0.15) is 0 Å². The number of hydrogen-bond acceptors (Lipinski definition) is 5. The van der Waals surface area contributed by atoms with Crippen molar-refractivity contribution in [3.05, 3.63) is 53.6 Å². The summed E-state index contributed by atoms with van der Waals surface area (Å²) in [7, 11) is 3.10. The summed E-state index contributed by atoms with van der Waals surface area (Å²) in [4.78, 5) is 25.2. The van der Waals surface area contributed by atoms with Gasteiger partial charge in [0.2, 0.25) is 0 Å². The number of carbonyl (C=O) groups is 2. The lowest BCUT2D eigenvalue weighted by Gasteiger charge is -2.57. The summed E-state index contributed by atoms with van der Waals surface area (Å²) < 4.78 is 10.5. The summed E-state index contributed by atoms with van der Waals surface area (Å²) in [5, 5.41) is 2.74. The minimum atomic E-state index is -0.396. The molecular formula is C26H29NO4S. The van der Waals surface area contributed by atoms with E-state index in [0.29, 0.717) is 11.3 Å². The fraction of sp³-hybridized carbons (Fsp3) is 0.462. The third-order valence-electron chi connectivity index (χ3n) is 7.54. The SMILES string of the molecule is COC(=O)c1ccc(NC(=O)Sc2ccc(OC)c(C34CC5CC(CC(C5)C3)C4)c2)cc1. The average Bonchev–Trinajstić information content (AvgIpc) is 2.78. The maximum Gasteiger partial charge on any atom is 0.337 e. The third-order valence-corrected chi connectivity index (χ3v) is 8.32. The zero-order valence-electron chi connectivity index (χ0n) is 18.6. The van der Waals surface area contributed by atoms with Gasteiger partial charge in [0.25, 0.3) is 5.24 Å². The minimum Gasteiger partial charge on any atom is -0.496 e. The molecule has 1 amide bonds. The minimum absolute atomic E-state index is 0.155. The van der Waals surface area contributed by atoms with Crippen molar-refractivity contribution >= 4 is 28.7 Å². The summed E-state index contributed by atoms with van der Waals surface area (Å²) in [5.41, 5.74) is 2.59. The van der Waals surface area contributed by atoms with Crippen LogP contribution in [0, 0.1) is 17.8 Å². The van der Waals surface area contributed by atoms with Gasteiger partial charge < -0.3 is 14.8 Å². The van der Waals surface area contributed by atoms with Crippen LogP contribution < -0.4 is 10.1 Å². The van der Waals surface area contributed by atoms with Crippen molar-refractivity contribution in [3.63, 3.8) is 0 Å². The first-order valence-corrected chi connectivity index (χ1v) is 12.2. The van der Waals surface area contributed by atoms with Gasteiger partial charge in [-0.15, -0.1) is 0 Å². The van der Waals surface area contributed by atoms with E-state index in [2.05, 4.69) is 11.4 Å². The van der Waals surface area contributed by atoms with Crippen molar-refractivity contribution in [2.24, 2.45) is 17.8 Å². The first-order chi connectivity index (χ1) is 15.5. The number of benzene rings is 2. The number of esters is 1. The quantitative estimate of drug-likeness (QED) is 0.428. The molecule has 0 spiro atoms. The molecule has 0 radical (unpaired) electrons. The van der Waals surface area contributed by atoms with Gasteiger partial charge in [0.1, 0.15) is 5.75 Å². The van der Waals surface area contributed by atoms with Crippen LogP contribution in [-0.4, -0.2) is 25.4 Å². The molecule has 6 rings (SSSR count). The highest BCUT2D eigenvalue weighted by atomic mass is 32.2. The first kappa shape index (κ1) is 21.4. The van der Waals surface area contributed by atoms with Gasteiger partial charge in [0.05, 0.1) is 19.8 Å². The van der Waals surface area contributed by atoms with E-state index in [1.54, 1.807) is 31.4 Å². The molecule has 168 valence electrons. The van der Waals surface area contributed by atoms with Crippen LogP contribution in [0.3, 0.4) is 0 Å². The highest BCUT2D eigenvalue weighted by Gasteiger charge is 2.52. The van der Waals surface area contributed by atoms with E-state index in [4.69, 9.17) is 9.47 Å². The Morgan fingerprint density at radius 1 is 0.938 bits per heavy atom. The molecule has 4 bridgehead atoms. The number of methoxy groups -OCH3 is 2. The lowest BCUT2D eigenvalue weighted by Crippen LogP contribution is -2.48. The second-order valence-electron chi connectivity index (χ2n) is 9.64. The molecule has 2 aromatic rings. The normalized spacial score (nSPS) is 27.8. The molecule has 4 fully saturated rings. The van der Waals surface area contributed by atoms with Gasteiger partial charge in [-0.3, -0.25) is 4.79 Å². The summed E-state index contributed by atoms with van der Waals surface area (Å²) in [5.74, 6) is 3.10. The predicted molar refractivity (Wildman–Crippen MR) is 126 cm³/mol. The molecule has 4 aliphatic rings. The second kappa shape index (κ2) is 8.47. The Labute approximate surface area is 193 Å². The summed E-state index contributed by atoms with van der Waals surface area (Å²) in [6.45, 7) is 0. The fourth-order valence-electron chi connectivity index (χ4n) is 6.66. The first-order valence-electron chi connectivity index (χ1n) is 11.3. The van der Waals surface area contributed by atoms with Crippen LogP contribution >= 0.6 is 11.8 Å². The van der Waals surface area contributed by atoms with Gasteiger partial charge in [-0.1, -0.05) is 0 Å². The third kappa shape index (κ3) is 4.01. The van der Waals surface area contributed by atoms with Crippen LogP contribution in [0.4, 0.5) is 10.5 Å². The second-order valence-corrected chi connectivity index (χ2v) is 10.7. The Morgan fingerprint density at radius 2 is 1.56 bits per heavy atom. The van der Waals surface area contributed by atoms with Gasteiger partial charge in [0.15, 0.2) is 0 Å². The molecule has 5 nitrogen and oxygen atoms in total. The molecule has 4 aliphatic carbocycles. The standard InChI is InChI=1S/C26H29NO4S/c1-30-23-8-7-21(32-25(29)27-20-5-3-19(4-6-20)24(28)31-2)12-22(23)26-13-16-9-17(14-26)11-18(10-16)15-26/h3-8,12,16-18H,9-11,13-15H2,1-2H3,(H,27,29). The molecule has 32 heavy (non-hydrogen) atoms. The highest BCUT2D eigenvalue weighted by Crippen LogP contribution is 2.62. The Bertz CT molecular complexity index is 997. The number of ether oxygens (including phenoxy) is 2. The highest BCUT2D eigenvalue weighted by molar-refractivity contribution is 8.13. The van der Waals surface area contributed by atoms with E-state index >= 15 is 0 Å². The lowest BCUT2D eigenvalue weighted by molar-refractivity contribution is -0.00625. The smallest absolute Gasteiger partial charge is 0.337 e. The van der Waals surface area contributed by atoms with E-state index in [-0.39, 0.29) is 10.7 Å². The van der Waals surface area contributed by atoms with Crippen LogP contribution in [0.1, 0.15) is 54.4 Å². The van der Waals surface area contributed by atoms with E-state index in [1.165, 1.54) is 63.0 Å². The van der Waals surface area contributed by atoms with E-state index in [0.717, 1.165) is 28.4 Å². The number of amides is 1. The fourth-order valence-corrected chi connectivity index (χ4v) is 7.36. The molecular weight excluding hydrogens is 422 g/mol. The molecule has 0 aliphatic heterocycles. The van der Waals surface area contributed by atoms with E-state index < -0.39 is 5.97 Å². The van der Waals surface area contributed by atoms with Crippen molar-refractivity contribution in [1.82, 2.24) is 0 Å². The van der Waals surface area contributed by atoms with Crippen molar-refractivity contribution in [2.45, 2.75) is 48.8 Å². The number of rotatable bonds is 5. The molecule has 0 aromatic heterocycles. The number of nitrogens with one attached hydrogen (secondary N) is 1. The largest absolute Gasteiger partial charge is 0.496 e. The van der Waals surface area contributed by atoms with E-state index in [1.807, 2.05) is 12.1 Å². The number of carbonyl (C=O) groups excluding carboxylic acids is 2. The Morgan fingerprint density at radius 3 is 2.12 bits per heavy atom. The number of hydrogen-bond donors (Lipinski definition) is 1. The van der Waals surface area contributed by atoms with Gasteiger partial charge in [-0.05, 0) is 116 Å². The molecule has 0 atom stereocenters. The topological polar surface area (TPSA) is 64.6 Å². The Kier molecular flexibility index (Phi) is 5.66. The molecule has 4 saturated carbocycles. The lowest BCUT2D eigenvalue weighted by atomic mass is 9.48. The zero-order chi connectivity index (χ0) is 22.3. The van der Waals surface area contributed by atoms with Crippen LogP contribution in [0.15, 0.2) is 47.4 Å². The predicted octanol–water partition coefficient (Wildman–Crippen LogP) is 6.27. The summed E-state index contributed by atoms with van der Waals surface area (Å²) in [6, 6.07) is 12.9. The molecule has 0 heterocycles. The van der Waals surface area contributed by atoms with Crippen LogP contribution in [0.2, 0.25) is 0 Å². The molecule has 6 heteroatoms. The van der Waals surface area contributed by atoms with Gasteiger partial charge in [-0.25, -0.2) is 4.79 Å². The van der Waals surface area contributed by atoms with Gasteiger partial charge in [0, 0.05) is 16.1 Å². The van der Waals surface area contributed by atoms with Crippen LogP contribution in [0.25, 0.3) is 0 Å². The average molecular weight is 452 g/mol. The van der Waals surface area contributed by atoms with Gasteiger partial charge >= 0.3 is 5.97 Å². The number of anilines is 1. The van der Waals surface area contributed by atoms with Crippen molar-refractivity contribution in [2.75, 3.05) is 19.5 Å². The van der Waals surface area contributed by atoms with Crippen molar-refractivity contribution < 1.29 is 19.1 Å². The summed E-state index contributed by atoms with van der Waals surface area (Å²) >= 11 is 1.19. The molecule has 1 N–H and O–H groups in total. The monoisotopic (exact) mass is 451 g/mol. The molecule has 0 unspecified atom stereocenters. The van der Waals surface area contributed by atoms with Crippen molar-refractivity contribution in [1.29, 1.82) is 0 Å². The van der Waals surface area contributed by atoms with E-state index in [9.17, 15) is 9.59 Å². The Balaban J connectivity index is 1.33. The zero-order valence-corrected chi connectivity index (χ0v) is 19.4. The van der Waals surface area contributed by atoms with Crippen LogP contribution in [0.5, 0.6) is 5.75 Å². The summed E-state index contributed by atoms with van der Waals surface area (Å²) in [6.07, 6.45) is 7.94. The Hall–Kier alpha value is -2.47. The molecule has 0 saturated heterocycles. The van der Waals surface area contributed by atoms with Crippen LogP contribution in [-0.2, 0) is 10.2 Å². The molecule has 2 aromatic carbocycles. The van der Waals surface area contributed by atoms with Crippen molar-refractivity contribution in [3.8, 4) is 5.75 Å². The number of thioether (sulfide) groups is 1. The maximum absolute atomic E-state index is 12.7.